The van der Waals surface area contributed by atoms with Crippen molar-refractivity contribution in [2.24, 2.45) is 0 Å². The molecule has 0 atom stereocenters. The zero-order chi connectivity index (χ0) is 19.8. The third kappa shape index (κ3) is 3.87. The molecule has 0 radical (unpaired) electrons. The molecular weight excluding hydrogens is 400 g/mol. The average molecular weight is 429 g/mol. The minimum Gasteiger partial charge on any atom is -0.312 e. The van der Waals surface area contributed by atoms with Gasteiger partial charge in [0.1, 0.15) is 11.6 Å². The van der Waals surface area contributed by atoms with E-state index in [2.05, 4.69) is 43.8 Å². The van der Waals surface area contributed by atoms with Crippen LogP contribution in [0.15, 0.2) is 24.4 Å². The van der Waals surface area contributed by atoms with E-state index in [9.17, 15) is 0 Å². The van der Waals surface area contributed by atoms with E-state index >= 15 is 0 Å². The lowest BCUT2D eigenvalue weighted by Gasteiger charge is -2.32. The second kappa shape index (κ2) is 8.83. The number of aryl methyl sites for hydroxylation is 1. The Labute approximate surface area is 183 Å². The first-order chi connectivity index (χ1) is 14.2. The monoisotopic (exact) mass is 428 g/mol. The van der Waals surface area contributed by atoms with Gasteiger partial charge in [-0.3, -0.25) is 4.90 Å². The summed E-state index contributed by atoms with van der Waals surface area (Å²) in [7, 11) is 0. The maximum absolute atomic E-state index is 4.75. The third-order valence-electron chi connectivity index (χ3n) is 6.29. The number of halogens is 1. The van der Waals surface area contributed by atoms with Gasteiger partial charge in [-0.2, -0.15) is 5.10 Å². The van der Waals surface area contributed by atoms with E-state index in [-0.39, 0.29) is 12.4 Å². The maximum Gasteiger partial charge on any atom is 0.153 e. The van der Waals surface area contributed by atoms with E-state index in [0.29, 0.717) is 5.92 Å². The second-order valence-corrected chi connectivity index (χ2v) is 8.10. The van der Waals surface area contributed by atoms with E-state index in [1.165, 1.54) is 17.1 Å². The minimum absolute atomic E-state index is 0. The Hall–Kier alpha value is -2.29. The summed E-state index contributed by atoms with van der Waals surface area (Å²) in [4.78, 5) is 7.00. The van der Waals surface area contributed by atoms with Crippen molar-refractivity contribution in [2.45, 2.75) is 52.2 Å². The van der Waals surface area contributed by atoms with Crippen molar-refractivity contribution in [2.75, 3.05) is 19.6 Å². The summed E-state index contributed by atoms with van der Waals surface area (Å²) in [5, 5.41) is 17.0. The highest BCUT2D eigenvalue weighted by atomic mass is 35.5. The molecule has 0 spiro atoms. The molecule has 2 aliphatic rings. The van der Waals surface area contributed by atoms with E-state index in [1.54, 1.807) is 0 Å². The lowest BCUT2D eigenvalue weighted by molar-refractivity contribution is 0.199. The first kappa shape index (κ1) is 21.0. The first-order valence-electron chi connectivity index (χ1n) is 10.5. The van der Waals surface area contributed by atoms with Crippen molar-refractivity contribution in [1.82, 2.24) is 39.7 Å². The topological polar surface area (TPSA) is 76.7 Å². The highest BCUT2D eigenvalue weighted by Gasteiger charge is 2.28. The number of likely N-dealkylation sites (tertiary alicyclic amines) is 1. The second-order valence-electron chi connectivity index (χ2n) is 8.10. The molecule has 5 rings (SSSR count). The van der Waals surface area contributed by atoms with Crippen LogP contribution in [0.5, 0.6) is 0 Å². The van der Waals surface area contributed by atoms with Crippen molar-refractivity contribution in [3.8, 4) is 5.82 Å². The Morgan fingerprint density at radius 1 is 1.10 bits per heavy atom. The molecule has 1 saturated heterocycles. The zero-order valence-electron chi connectivity index (χ0n) is 17.6. The molecule has 5 heterocycles. The number of rotatable bonds is 4. The fraction of sp³-hybridized carbons (Fsp3) is 0.524. The van der Waals surface area contributed by atoms with Crippen LogP contribution in [-0.2, 0) is 19.6 Å². The van der Waals surface area contributed by atoms with Crippen LogP contribution in [0.2, 0.25) is 0 Å². The SMILES string of the molecule is Cc1nn(-c2ccccn2)c(C)c1CN1CCC(c2nnc3n2CCNC3)CC1.Cl. The fourth-order valence-corrected chi connectivity index (χ4v) is 4.60. The van der Waals surface area contributed by atoms with Crippen LogP contribution in [0.1, 0.15) is 47.4 Å². The van der Waals surface area contributed by atoms with E-state index < -0.39 is 0 Å². The molecule has 2 aliphatic heterocycles. The summed E-state index contributed by atoms with van der Waals surface area (Å²) in [5.74, 6) is 3.67. The molecule has 0 amide bonds. The van der Waals surface area contributed by atoms with Crippen LogP contribution < -0.4 is 5.32 Å². The van der Waals surface area contributed by atoms with E-state index in [4.69, 9.17) is 5.10 Å². The van der Waals surface area contributed by atoms with Crippen LogP contribution in [0.4, 0.5) is 0 Å². The molecule has 3 aromatic rings. The molecule has 8 nitrogen and oxygen atoms in total. The Bertz CT molecular complexity index is 988. The number of nitrogens with one attached hydrogen (secondary N) is 1. The van der Waals surface area contributed by atoms with Crippen molar-refractivity contribution >= 4 is 12.4 Å². The number of nitrogens with zero attached hydrogens (tertiary/aromatic N) is 7. The van der Waals surface area contributed by atoms with Gasteiger partial charge in [0.25, 0.3) is 0 Å². The largest absolute Gasteiger partial charge is 0.312 e. The van der Waals surface area contributed by atoms with Gasteiger partial charge in [-0.15, -0.1) is 22.6 Å². The molecule has 0 aromatic carbocycles. The van der Waals surface area contributed by atoms with Gasteiger partial charge in [0.05, 0.1) is 12.2 Å². The van der Waals surface area contributed by atoms with Gasteiger partial charge in [-0.1, -0.05) is 6.07 Å². The number of hydrogen-bond acceptors (Lipinski definition) is 6. The normalized spacial score (nSPS) is 17.5. The summed E-state index contributed by atoms with van der Waals surface area (Å²) in [5.41, 5.74) is 3.59. The van der Waals surface area contributed by atoms with Crippen molar-refractivity contribution in [3.05, 3.63) is 53.0 Å². The summed E-state index contributed by atoms with van der Waals surface area (Å²) in [6.07, 6.45) is 4.09. The Morgan fingerprint density at radius 3 is 2.70 bits per heavy atom. The van der Waals surface area contributed by atoms with Gasteiger partial charge < -0.3 is 9.88 Å². The number of fused-ring (bicyclic) bond motifs is 1. The summed E-state index contributed by atoms with van der Waals surface area (Å²) >= 11 is 0. The first-order valence-corrected chi connectivity index (χ1v) is 10.5. The molecule has 0 aliphatic carbocycles. The van der Waals surface area contributed by atoms with E-state index in [1.807, 2.05) is 29.1 Å². The smallest absolute Gasteiger partial charge is 0.153 e. The van der Waals surface area contributed by atoms with Crippen LogP contribution in [0, 0.1) is 13.8 Å². The average Bonchev–Trinajstić information content (AvgIpc) is 3.31. The molecule has 160 valence electrons. The molecule has 30 heavy (non-hydrogen) atoms. The van der Waals surface area contributed by atoms with Gasteiger partial charge in [0.2, 0.25) is 0 Å². The molecule has 3 aromatic heterocycles. The summed E-state index contributed by atoms with van der Waals surface area (Å²) in [6.45, 7) is 10.2. The predicted molar refractivity (Wildman–Crippen MR) is 117 cm³/mol. The van der Waals surface area contributed by atoms with Crippen LogP contribution in [0.3, 0.4) is 0 Å². The van der Waals surface area contributed by atoms with Gasteiger partial charge in [-0.25, -0.2) is 9.67 Å². The zero-order valence-corrected chi connectivity index (χ0v) is 18.4. The molecule has 0 bridgehead atoms. The van der Waals surface area contributed by atoms with Gasteiger partial charge in [0.15, 0.2) is 5.82 Å². The Morgan fingerprint density at radius 2 is 1.93 bits per heavy atom. The molecule has 0 saturated carbocycles. The number of pyridine rings is 1. The molecule has 1 fully saturated rings. The van der Waals surface area contributed by atoms with Crippen LogP contribution in [-0.4, -0.2) is 54.1 Å². The Balaban J connectivity index is 0.00000218. The van der Waals surface area contributed by atoms with Gasteiger partial charge >= 0.3 is 0 Å². The van der Waals surface area contributed by atoms with Crippen molar-refractivity contribution < 1.29 is 0 Å². The van der Waals surface area contributed by atoms with Crippen LogP contribution in [0.25, 0.3) is 5.82 Å². The minimum atomic E-state index is 0. The maximum atomic E-state index is 4.75. The van der Waals surface area contributed by atoms with E-state index in [0.717, 1.165) is 69.4 Å². The van der Waals surface area contributed by atoms with Gasteiger partial charge in [0, 0.05) is 43.0 Å². The van der Waals surface area contributed by atoms with Crippen molar-refractivity contribution in [1.29, 1.82) is 0 Å². The van der Waals surface area contributed by atoms with Crippen LogP contribution >= 0.6 is 12.4 Å². The molecule has 0 unspecified atom stereocenters. The Kier molecular flexibility index (Phi) is 6.17. The number of aromatic nitrogens is 6. The number of hydrogen-bond donors (Lipinski definition) is 1. The lowest BCUT2D eigenvalue weighted by atomic mass is 9.95. The third-order valence-corrected chi connectivity index (χ3v) is 6.29. The number of piperidine rings is 1. The molecule has 1 N–H and O–H groups in total. The molecular formula is C21H29ClN8. The lowest BCUT2D eigenvalue weighted by Crippen LogP contribution is -2.35. The molecule has 9 heteroatoms. The summed E-state index contributed by atoms with van der Waals surface area (Å²) < 4.78 is 4.30. The highest BCUT2D eigenvalue weighted by Crippen LogP contribution is 2.29. The van der Waals surface area contributed by atoms with Gasteiger partial charge in [-0.05, 0) is 51.9 Å². The summed E-state index contributed by atoms with van der Waals surface area (Å²) in [6, 6.07) is 5.94. The van der Waals surface area contributed by atoms with Crippen molar-refractivity contribution in [3.63, 3.8) is 0 Å². The standard InChI is InChI=1S/C21H28N8.ClH/c1-15-18(16(2)29(26-15)19-5-3-4-8-23-19)14-27-10-6-17(7-11-27)21-25-24-20-13-22-9-12-28(20)21;/h3-5,8,17,22H,6-7,9-14H2,1-2H3;1H. The highest BCUT2D eigenvalue weighted by molar-refractivity contribution is 5.85. The quantitative estimate of drug-likeness (QED) is 0.687. The fourth-order valence-electron chi connectivity index (χ4n) is 4.60. The predicted octanol–water partition coefficient (Wildman–Crippen LogP) is 2.38.